The fourth-order valence-corrected chi connectivity index (χ4v) is 2.99. The summed E-state index contributed by atoms with van der Waals surface area (Å²) in [5.74, 6) is 0.306. The molecule has 1 aromatic rings. The number of fused-ring (bicyclic) bond motifs is 3. The Labute approximate surface area is 150 Å². The van der Waals surface area contributed by atoms with Gasteiger partial charge in [-0.1, -0.05) is 34.7 Å². The predicted octanol–water partition coefficient (Wildman–Crippen LogP) is 1.40. The van der Waals surface area contributed by atoms with Crippen LogP contribution in [0.25, 0.3) is 0 Å². The molecule has 0 unspecified atom stereocenters. The Hall–Kier alpha value is -1.08. The summed E-state index contributed by atoms with van der Waals surface area (Å²) in [4.78, 5) is 16.5. The van der Waals surface area contributed by atoms with E-state index in [9.17, 15) is 4.79 Å². The van der Waals surface area contributed by atoms with Crippen molar-refractivity contribution in [3.63, 3.8) is 0 Å². The topological polar surface area (TPSA) is 23.6 Å². The van der Waals surface area contributed by atoms with Crippen LogP contribution in [0.5, 0.6) is 0 Å². The molecule has 2 bridgehead atoms. The first-order valence-electron chi connectivity index (χ1n) is 7.96. The zero-order chi connectivity index (χ0) is 16.9. The summed E-state index contributed by atoms with van der Waals surface area (Å²) in [6.07, 6.45) is 0. The van der Waals surface area contributed by atoms with Gasteiger partial charge in [0, 0.05) is 39.3 Å². The summed E-state index contributed by atoms with van der Waals surface area (Å²) in [6.45, 7) is 7.65. The van der Waals surface area contributed by atoms with Crippen molar-refractivity contribution < 1.29 is 9.28 Å². The van der Waals surface area contributed by atoms with Crippen molar-refractivity contribution >= 4 is 35.0 Å². The van der Waals surface area contributed by atoms with Crippen LogP contribution in [0.2, 0.25) is 0 Å². The van der Waals surface area contributed by atoms with Gasteiger partial charge in [-0.3, -0.25) is 9.69 Å². The predicted molar refractivity (Wildman–Crippen MR) is 101 cm³/mol. The molecule has 0 amide bonds. The lowest BCUT2D eigenvalue weighted by Gasteiger charge is -2.50. The molecule has 3 saturated heterocycles. The molecule has 0 aromatic heterocycles. The number of carbonyl (C=O) groups excluding carboxylic acids is 1. The Bertz CT molecular complexity index is 526. The number of ketones is 1. The lowest BCUT2D eigenvalue weighted by molar-refractivity contribution is -0.933. The number of quaternary nitrogens is 1. The number of benzene rings is 1. The highest BCUT2D eigenvalue weighted by Gasteiger charge is 2.39. The molecule has 1 aromatic carbocycles. The normalized spacial score (nSPS) is 25.2. The van der Waals surface area contributed by atoms with E-state index < -0.39 is 0 Å². The van der Waals surface area contributed by atoms with Gasteiger partial charge >= 0.3 is 0 Å². The second-order valence-corrected chi connectivity index (χ2v) is 7.49. The van der Waals surface area contributed by atoms with Crippen LogP contribution in [-0.2, 0) is 12.6 Å². The Morgan fingerprint density at radius 1 is 1.17 bits per heavy atom. The second-order valence-electron chi connectivity index (χ2n) is 6.46. The van der Waals surface area contributed by atoms with Crippen molar-refractivity contribution in [3.05, 3.63) is 35.9 Å². The standard InChI is InChI=1S/C14H19N2O.C3H7NS2/c17-14(13-4-2-1-3-5-13)12-16-9-6-15(7-10-16)8-11-16;1-4(2)3(5)6/h1-5H,6-12H2;1-2H3,(H,5,6)/q+1;/p-1. The smallest absolute Gasteiger partial charge is 0.216 e. The van der Waals surface area contributed by atoms with Gasteiger partial charge in [0.1, 0.15) is 6.54 Å². The number of nitrogens with zero attached hydrogens (tertiary/aromatic N) is 3. The van der Waals surface area contributed by atoms with Crippen LogP contribution in [0.15, 0.2) is 30.3 Å². The minimum Gasteiger partial charge on any atom is -0.411 e. The lowest BCUT2D eigenvalue weighted by atomic mass is 10.1. The van der Waals surface area contributed by atoms with Crippen molar-refractivity contribution in [1.29, 1.82) is 0 Å². The van der Waals surface area contributed by atoms with E-state index in [1.807, 2.05) is 44.4 Å². The number of Topliss-reactive ketones (excluding diaryl/α,β-unsaturated/α-hetero) is 1. The molecule has 0 saturated carbocycles. The van der Waals surface area contributed by atoms with Gasteiger partial charge in [0.05, 0.1) is 19.6 Å². The first kappa shape index (κ1) is 18.3. The van der Waals surface area contributed by atoms with E-state index in [2.05, 4.69) is 29.7 Å². The van der Waals surface area contributed by atoms with Crippen molar-refractivity contribution in [2.75, 3.05) is 59.9 Å². The van der Waals surface area contributed by atoms with E-state index in [0.717, 1.165) is 29.7 Å². The van der Waals surface area contributed by atoms with Crippen LogP contribution < -0.4 is 0 Å². The molecule has 4 nitrogen and oxygen atoms in total. The molecular formula is C17H25N3OS2. The minimum absolute atomic E-state index is 0.306. The minimum atomic E-state index is 0.306. The van der Waals surface area contributed by atoms with Crippen LogP contribution in [0, 0.1) is 0 Å². The van der Waals surface area contributed by atoms with Gasteiger partial charge in [0.15, 0.2) is 0 Å². The van der Waals surface area contributed by atoms with Gasteiger partial charge in [-0.25, -0.2) is 0 Å². The zero-order valence-electron chi connectivity index (χ0n) is 13.9. The van der Waals surface area contributed by atoms with Crippen molar-refractivity contribution in [2.45, 2.75) is 0 Å². The van der Waals surface area contributed by atoms with E-state index in [1.165, 1.54) is 19.6 Å². The maximum atomic E-state index is 12.3. The number of hydrogen-bond donors (Lipinski definition) is 0. The summed E-state index contributed by atoms with van der Waals surface area (Å²) in [5, 5.41) is 0. The summed E-state index contributed by atoms with van der Waals surface area (Å²) < 4.78 is 1.53. The number of hydrogen-bond acceptors (Lipinski definition) is 4. The average Bonchev–Trinajstić information content (AvgIpc) is 2.57. The number of piperazine rings is 3. The fraction of sp³-hybridized carbons (Fsp3) is 0.529. The molecule has 3 heterocycles. The summed E-state index contributed by atoms with van der Waals surface area (Å²) in [7, 11) is 3.66. The maximum Gasteiger partial charge on any atom is 0.216 e. The highest BCUT2D eigenvalue weighted by molar-refractivity contribution is 8.00. The molecule has 126 valence electrons. The van der Waals surface area contributed by atoms with Gasteiger partial charge in [0.25, 0.3) is 0 Å². The van der Waals surface area contributed by atoms with Crippen LogP contribution in [-0.4, -0.2) is 84.3 Å². The average molecular weight is 352 g/mol. The quantitative estimate of drug-likeness (QED) is 0.355. The molecule has 3 aliphatic heterocycles. The lowest BCUT2D eigenvalue weighted by Crippen LogP contribution is -2.68. The zero-order valence-corrected chi connectivity index (χ0v) is 15.5. The van der Waals surface area contributed by atoms with Crippen molar-refractivity contribution in [3.8, 4) is 0 Å². The van der Waals surface area contributed by atoms with E-state index >= 15 is 0 Å². The van der Waals surface area contributed by atoms with Crippen LogP contribution in [0.1, 0.15) is 10.4 Å². The Morgan fingerprint density at radius 2 is 1.65 bits per heavy atom. The van der Waals surface area contributed by atoms with Crippen molar-refractivity contribution in [2.24, 2.45) is 0 Å². The first-order chi connectivity index (χ1) is 10.9. The Balaban J connectivity index is 0.000000277. The summed E-state index contributed by atoms with van der Waals surface area (Å²) in [6, 6.07) is 9.72. The highest BCUT2D eigenvalue weighted by Crippen LogP contribution is 2.20. The van der Waals surface area contributed by atoms with Crippen molar-refractivity contribution in [1.82, 2.24) is 9.80 Å². The molecule has 0 aliphatic carbocycles. The fourth-order valence-electron chi connectivity index (χ4n) is 2.99. The van der Waals surface area contributed by atoms with Gasteiger partial charge in [-0.15, -0.1) is 0 Å². The van der Waals surface area contributed by atoms with E-state index in [1.54, 1.807) is 4.90 Å². The number of thiocarbonyl (C=S) groups is 1. The van der Waals surface area contributed by atoms with Crippen LogP contribution >= 0.6 is 12.2 Å². The monoisotopic (exact) mass is 351 g/mol. The molecular weight excluding hydrogens is 326 g/mol. The molecule has 23 heavy (non-hydrogen) atoms. The molecule has 3 fully saturated rings. The van der Waals surface area contributed by atoms with Gasteiger partial charge < -0.3 is 34.2 Å². The Kier molecular flexibility index (Phi) is 6.47. The van der Waals surface area contributed by atoms with E-state index in [0.29, 0.717) is 16.6 Å². The molecule has 0 N–H and O–H groups in total. The molecule has 4 rings (SSSR count). The Morgan fingerprint density at radius 3 is 2.09 bits per heavy atom. The molecule has 0 atom stereocenters. The third kappa shape index (κ3) is 5.21. The largest absolute Gasteiger partial charge is 0.411 e. The third-order valence-corrected chi connectivity index (χ3v) is 5.34. The van der Waals surface area contributed by atoms with Gasteiger partial charge in [0.2, 0.25) is 5.78 Å². The SMILES string of the molecule is CN(C)C(=S)[S-].O=C(C[N+]12CCN(CC1)CC2)c1ccccc1. The molecule has 0 radical (unpaired) electrons. The van der Waals surface area contributed by atoms with E-state index in [4.69, 9.17) is 0 Å². The maximum absolute atomic E-state index is 12.3. The van der Waals surface area contributed by atoms with E-state index in [-0.39, 0.29) is 0 Å². The highest BCUT2D eigenvalue weighted by atomic mass is 32.1. The second kappa shape index (κ2) is 8.15. The molecule has 3 aliphatic rings. The number of carbonyl (C=O) groups is 1. The number of rotatable bonds is 3. The molecule has 0 spiro atoms. The summed E-state index contributed by atoms with van der Waals surface area (Å²) >= 11 is 9.12. The third-order valence-electron chi connectivity index (χ3n) is 4.61. The first-order valence-corrected chi connectivity index (χ1v) is 8.77. The summed E-state index contributed by atoms with van der Waals surface area (Å²) in [5.41, 5.74) is 0.869. The van der Waals surface area contributed by atoms with Gasteiger partial charge in [-0.05, 0) is 0 Å². The molecule has 6 heteroatoms. The van der Waals surface area contributed by atoms with Gasteiger partial charge in [-0.2, -0.15) is 0 Å². The van der Waals surface area contributed by atoms with Crippen LogP contribution in [0.3, 0.4) is 0 Å². The van der Waals surface area contributed by atoms with Crippen LogP contribution in [0.4, 0.5) is 0 Å².